The SMILES string of the molecule is CCOc1ncccc1-c1ncc(C2(C(=O)N[C@H]3CCN(C)C3)CCN(c3ccc(C(F)(F)F)cc3C#N)CC2)cc1F. The molecule has 2 aliphatic rings. The number of aromatic nitrogens is 2. The predicted octanol–water partition coefficient (Wildman–Crippen LogP) is 4.93. The molecule has 2 fully saturated rings. The lowest BCUT2D eigenvalue weighted by Crippen LogP contribution is -2.54. The number of amides is 1. The van der Waals surface area contributed by atoms with Gasteiger partial charge in [0.25, 0.3) is 0 Å². The zero-order valence-electron chi connectivity index (χ0n) is 23.9. The Bertz CT molecular complexity index is 1530. The summed E-state index contributed by atoms with van der Waals surface area (Å²) >= 11 is 0. The molecule has 0 aliphatic carbocycles. The van der Waals surface area contributed by atoms with E-state index >= 15 is 4.39 Å². The van der Waals surface area contributed by atoms with Crippen LogP contribution in [0.4, 0.5) is 23.2 Å². The first kappa shape index (κ1) is 30.2. The van der Waals surface area contributed by atoms with Gasteiger partial charge in [-0.15, -0.1) is 0 Å². The number of anilines is 1. The summed E-state index contributed by atoms with van der Waals surface area (Å²) in [6.07, 6.45) is -0.251. The number of pyridine rings is 2. The lowest BCUT2D eigenvalue weighted by Gasteiger charge is -2.42. The fourth-order valence-corrected chi connectivity index (χ4v) is 5.95. The van der Waals surface area contributed by atoms with Gasteiger partial charge in [0, 0.05) is 38.1 Å². The van der Waals surface area contributed by atoms with Crippen LogP contribution >= 0.6 is 0 Å². The topological polar surface area (TPSA) is 94.4 Å². The second kappa shape index (κ2) is 12.2. The second-order valence-corrected chi connectivity index (χ2v) is 11.0. The Balaban J connectivity index is 1.47. The van der Waals surface area contributed by atoms with Crippen LogP contribution in [0.5, 0.6) is 5.88 Å². The van der Waals surface area contributed by atoms with Crippen LogP contribution in [0.25, 0.3) is 11.3 Å². The number of nitrogens with one attached hydrogen (secondary N) is 1. The van der Waals surface area contributed by atoms with E-state index in [1.54, 1.807) is 30.2 Å². The van der Waals surface area contributed by atoms with Crippen LogP contribution in [-0.2, 0) is 16.4 Å². The van der Waals surface area contributed by atoms with E-state index < -0.39 is 23.0 Å². The molecule has 2 aliphatic heterocycles. The molecule has 3 aromatic rings. The molecule has 1 amide bonds. The van der Waals surface area contributed by atoms with Crippen LogP contribution in [-0.4, -0.2) is 66.7 Å². The number of likely N-dealkylation sites (tertiary alicyclic amines) is 1. The quantitative estimate of drug-likeness (QED) is 0.387. The third kappa shape index (κ3) is 6.13. The minimum atomic E-state index is -4.57. The van der Waals surface area contributed by atoms with Gasteiger partial charge in [-0.05, 0) is 81.7 Å². The summed E-state index contributed by atoms with van der Waals surface area (Å²) in [6, 6.07) is 9.56. The molecular formula is C31H32F4N6O2. The fraction of sp³-hybridized carbons (Fsp3) is 0.419. The molecule has 8 nitrogen and oxygen atoms in total. The van der Waals surface area contributed by atoms with E-state index in [0.29, 0.717) is 30.0 Å². The lowest BCUT2D eigenvalue weighted by molar-refractivity contribution is -0.137. The minimum Gasteiger partial charge on any atom is -0.477 e. The maximum atomic E-state index is 15.8. The highest BCUT2D eigenvalue weighted by Crippen LogP contribution is 2.41. The second-order valence-electron chi connectivity index (χ2n) is 11.0. The molecule has 4 heterocycles. The number of halogens is 4. The van der Waals surface area contributed by atoms with Crippen LogP contribution in [0.2, 0.25) is 0 Å². The number of rotatable bonds is 7. The molecule has 0 spiro atoms. The van der Waals surface area contributed by atoms with Crippen molar-refractivity contribution >= 4 is 11.6 Å². The van der Waals surface area contributed by atoms with Crippen molar-refractivity contribution in [2.75, 3.05) is 44.7 Å². The Labute approximate surface area is 247 Å². The van der Waals surface area contributed by atoms with E-state index in [4.69, 9.17) is 4.74 Å². The van der Waals surface area contributed by atoms with Crippen LogP contribution in [0.3, 0.4) is 0 Å². The first-order chi connectivity index (χ1) is 20.6. The van der Waals surface area contributed by atoms with Crippen LogP contribution in [0.15, 0.2) is 48.8 Å². The maximum Gasteiger partial charge on any atom is 0.416 e. The number of carbonyl (C=O) groups is 1. The molecule has 1 atom stereocenters. The smallest absolute Gasteiger partial charge is 0.416 e. The van der Waals surface area contributed by atoms with E-state index in [0.717, 1.165) is 25.1 Å². The van der Waals surface area contributed by atoms with E-state index in [1.165, 1.54) is 18.3 Å². The Kier molecular flexibility index (Phi) is 8.55. The number of piperidine rings is 1. The van der Waals surface area contributed by atoms with Gasteiger partial charge in [0.1, 0.15) is 17.6 Å². The molecule has 0 saturated carbocycles. The summed E-state index contributed by atoms with van der Waals surface area (Å²) in [5.41, 5.74) is -0.924. The van der Waals surface area contributed by atoms with Gasteiger partial charge >= 0.3 is 6.18 Å². The number of likely N-dealkylation sites (N-methyl/N-ethyl adjacent to an activating group) is 1. The Morgan fingerprint density at radius 3 is 2.58 bits per heavy atom. The number of benzene rings is 1. The Hall–Kier alpha value is -4.24. The highest BCUT2D eigenvalue weighted by molar-refractivity contribution is 5.89. The van der Waals surface area contributed by atoms with Gasteiger partial charge < -0.3 is 19.9 Å². The molecule has 226 valence electrons. The summed E-state index contributed by atoms with van der Waals surface area (Å²) in [7, 11) is 1.98. The van der Waals surface area contributed by atoms with Crippen molar-refractivity contribution in [1.82, 2.24) is 20.2 Å². The van der Waals surface area contributed by atoms with Gasteiger partial charge in [0.2, 0.25) is 11.8 Å². The molecule has 12 heteroatoms. The van der Waals surface area contributed by atoms with Crippen molar-refractivity contribution in [2.24, 2.45) is 0 Å². The number of alkyl halides is 3. The standard InChI is InChI=1S/C31H32F4N6O2/c1-3-43-28-24(5-4-11-37-28)27-25(32)16-22(18-38-27)30(29(42)39-23-8-12-40(2)19-23)9-13-41(14-10-30)26-7-6-21(31(33,34)35)15-20(26)17-36/h4-7,11,15-16,18,23H,3,8-10,12-14,19H2,1-2H3,(H,39,42)/t23-/m0/s1. The average molecular weight is 597 g/mol. The van der Waals surface area contributed by atoms with Crippen LogP contribution in [0, 0.1) is 17.1 Å². The Morgan fingerprint density at radius 1 is 1.19 bits per heavy atom. The van der Waals surface area contributed by atoms with E-state index in [9.17, 15) is 23.2 Å². The molecule has 2 saturated heterocycles. The van der Waals surface area contributed by atoms with Crippen molar-refractivity contribution < 1.29 is 27.1 Å². The summed E-state index contributed by atoms with van der Waals surface area (Å²) in [4.78, 5) is 26.5. The average Bonchev–Trinajstić information content (AvgIpc) is 3.41. The van der Waals surface area contributed by atoms with Crippen molar-refractivity contribution in [2.45, 2.75) is 43.8 Å². The normalized spacial score (nSPS) is 18.7. The molecule has 0 unspecified atom stereocenters. The van der Waals surface area contributed by atoms with Crippen molar-refractivity contribution in [3.05, 3.63) is 71.3 Å². The summed E-state index contributed by atoms with van der Waals surface area (Å²) in [6.45, 7) is 4.20. The number of carbonyl (C=O) groups excluding carboxylic acids is 1. The van der Waals surface area contributed by atoms with Crippen molar-refractivity contribution in [3.63, 3.8) is 0 Å². The number of hydrogen-bond acceptors (Lipinski definition) is 7. The molecule has 1 N–H and O–H groups in total. The third-order valence-corrected chi connectivity index (χ3v) is 8.26. The number of nitriles is 1. The van der Waals surface area contributed by atoms with Crippen molar-refractivity contribution in [3.8, 4) is 23.2 Å². The van der Waals surface area contributed by atoms with Crippen LogP contribution in [0.1, 0.15) is 42.9 Å². The van der Waals surface area contributed by atoms with Crippen LogP contribution < -0.4 is 15.0 Å². The van der Waals surface area contributed by atoms with Gasteiger partial charge in [-0.3, -0.25) is 9.78 Å². The third-order valence-electron chi connectivity index (χ3n) is 8.26. The number of nitrogens with zero attached hydrogens (tertiary/aromatic N) is 5. The molecule has 2 aromatic heterocycles. The molecular weight excluding hydrogens is 564 g/mol. The zero-order valence-corrected chi connectivity index (χ0v) is 23.9. The number of ether oxygens (including phenoxy) is 1. The highest BCUT2D eigenvalue weighted by atomic mass is 19.4. The van der Waals surface area contributed by atoms with E-state index in [2.05, 4.69) is 20.2 Å². The van der Waals surface area contributed by atoms with Gasteiger partial charge in [-0.2, -0.15) is 18.4 Å². The first-order valence-corrected chi connectivity index (χ1v) is 14.2. The van der Waals surface area contributed by atoms with Gasteiger partial charge in [0.15, 0.2) is 0 Å². The maximum absolute atomic E-state index is 15.8. The predicted molar refractivity (Wildman–Crippen MR) is 152 cm³/mol. The Morgan fingerprint density at radius 2 is 1.95 bits per heavy atom. The van der Waals surface area contributed by atoms with Gasteiger partial charge in [-0.1, -0.05) is 0 Å². The highest BCUT2D eigenvalue weighted by Gasteiger charge is 2.45. The monoisotopic (exact) mass is 596 g/mol. The van der Waals surface area contributed by atoms with Crippen molar-refractivity contribution in [1.29, 1.82) is 5.26 Å². The zero-order chi connectivity index (χ0) is 30.8. The largest absolute Gasteiger partial charge is 0.477 e. The summed E-state index contributed by atoms with van der Waals surface area (Å²) < 4.78 is 61.1. The van der Waals surface area contributed by atoms with Gasteiger partial charge in [0.05, 0.1) is 34.4 Å². The van der Waals surface area contributed by atoms with E-state index in [-0.39, 0.29) is 55.0 Å². The summed E-state index contributed by atoms with van der Waals surface area (Å²) in [5.74, 6) is -0.623. The lowest BCUT2D eigenvalue weighted by atomic mass is 9.72. The van der Waals surface area contributed by atoms with E-state index in [1.807, 2.05) is 13.1 Å². The van der Waals surface area contributed by atoms with Gasteiger partial charge in [-0.25, -0.2) is 9.37 Å². The molecule has 0 radical (unpaired) electrons. The minimum absolute atomic E-state index is 0.0501. The molecule has 0 bridgehead atoms. The molecule has 43 heavy (non-hydrogen) atoms. The number of hydrogen-bond donors (Lipinski definition) is 1. The molecule has 1 aromatic carbocycles. The molecule has 5 rings (SSSR count). The fourth-order valence-electron chi connectivity index (χ4n) is 5.95. The summed E-state index contributed by atoms with van der Waals surface area (Å²) in [5, 5.41) is 12.8. The first-order valence-electron chi connectivity index (χ1n) is 14.2.